The Kier molecular flexibility index (Phi) is 4.29. The third-order valence-corrected chi connectivity index (χ3v) is 3.38. The number of carboxylic acid groups (broad SMARTS) is 1. The van der Waals surface area contributed by atoms with Crippen LogP contribution in [0.4, 0.5) is 0 Å². The summed E-state index contributed by atoms with van der Waals surface area (Å²) >= 11 is 5.96. The van der Waals surface area contributed by atoms with Crippen molar-refractivity contribution in [2.75, 3.05) is 14.1 Å². The Morgan fingerprint density at radius 1 is 1.00 bits per heavy atom. The van der Waals surface area contributed by atoms with E-state index >= 15 is 0 Å². The van der Waals surface area contributed by atoms with Crippen molar-refractivity contribution < 1.29 is 14.7 Å². The molecule has 0 fully saturated rings. The third-order valence-electron chi connectivity index (χ3n) is 3.07. The van der Waals surface area contributed by atoms with E-state index in [0.717, 1.165) is 11.1 Å². The average molecular weight is 304 g/mol. The predicted molar refractivity (Wildman–Crippen MR) is 81.9 cm³/mol. The summed E-state index contributed by atoms with van der Waals surface area (Å²) in [5, 5.41) is 9.14. The highest BCUT2D eigenvalue weighted by Crippen LogP contribution is 2.26. The van der Waals surface area contributed by atoms with Crippen LogP contribution in [0.25, 0.3) is 11.1 Å². The van der Waals surface area contributed by atoms with Crippen molar-refractivity contribution >= 4 is 23.5 Å². The number of aromatic carboxylic acids is 1. The van der Waals surface area contributed by atoms with Gasteiger partial charge in [-0.3, -0.25) is 4.79 Å². The fourth-order valence-corrected chi connectivity index (χ4v) is 2.19. The van der Waals surface area contributed by atoms with Crippen molar-refractivity contribution in [2.24, 2.45) is 0 Å². The molecule has 5 heteroatoms. The number of benzene rings is 2. The van der Waals surface area contributed by atoms with Gasteiger partial charge in [-0.05, 0) is 35.4 Å². The molecule has 0 unspecified atom stereocenters. The number of hydrogen-bond acceptors (Lipinski definition) is 2. The highest BCUT2D eigenvalue weighted by Gasteiger charge is 2.11. The second kappa shape index (κ2) is 5.97. The lowest BCUT2D eigenvalue weighted by molar-refractivity contribution is 0.0696. The van der Waals surface area contributed by atoms with Gasteiger partial charge >= 0.3 is 5.97 Å². The molecule has 0 aromatic heterocycles. The number of hydrogen-bond donors (Lipinski definition) is 1. The fourth-order valence-electron chi connectivity index (χ4n) is 1.93. The molecule has 1 N–H and O–H groups in total. The smallest absolute Gasteiger partial charge is 0.337 e. The Balaban J connectivity index is 2.33. The van der Waals surface area contributed by atoms with Crippen LogP contribution in [-0.4, -0.2) is 36.0 Å². The number of halogens is 1. The first-order valence-corrected chi connectivity index (χ1v) is 6.63. The van der Waals surface area contributed by atoms with Gasteiger partial charge in [-0.25, -0.2) is 4.79 Å². The van der Waals surface area contributed by atoms with Crippen LogP contribution in [0.3, 0.4) is 0 Å². The molecule has 2 aromatic rings. The summed E-state index contributed by atoms with van der Waals surface area (Å²) in [6.07, 6.45) is 0. The molecule has 0 saturated carbocycles. The summed E-state index contributed by atoms with van der Waals surface area (Å²) < 4.78 is 0. The zero-order chi connectivity index (χ0) is 15.6. The molecular weight excluding hydrogens is 290 g/mol. The molecule has 108 valence electrons. The maximum Gasteiger partial charge on any atom is 0.337 e. The van der Waals surface area contributed by atoms with Gasteiger partial charge in [-0.2, -0.15) is 0 Å². The van der Waals surface area contributed by atoms with Crippen molar-refractivity contribution in [3.63, 3.8) is 0 Å². The van der Waals surface area contributed by atoms with E-state index in [-0.39, 0.29) is 16.5 Å². The van der Waals surface area contributed by atoms with Gasteiger partial charge in [-0.1, -0.05) is 29.8 Å². The van der Waals surface area contributed by atoms with Crippen LogP contribution in [0, 0.1) is 0 Å². The quantitative estimate of drug-likeness (QED) is 0.945. The Bertz CT molecular complexity index is 693. The highest BCUT2D eigenvalue weighted by molar-refractivity contribution is 6.33. The lowest BCUT2D eigenvalue weighted by Gasteiger charge is -2.11. The molecular formula is C16H14ClNO3. The molecule has 0 bridgehead atoms. The van der Waals surface area contributed by atoms with Gasteiger partial charge in [0.25, 0.3) is 5.91 Å². The third kappa shape index (κ3) is 3.23. The summed E-state index contributed by atoms with van der Waals surface area (Å²) in [6.45, 7) is 0. The molecule has 2 aromatic carbocycles. The molecule has 0 aliphatic carbocycles. The summed E-state index contributed by atoms with van der Waals surface area (Å²) in [5.74, 6) is -1.13. The SMILES string of the molecule is CN(C)C(=O)c1ccc(-c2ccc(C(=O)O)c(Cl)c2)cc1. The monoisotopic (exact) mass is 303 g/mol. The minimum atomic E-state index is -1.06. The molecule has 4 nitrogen and oxygen atoms in total. The largest absolute Gasteiger partial charge is 0.478 e. The molecule has 0 heterocycles. The van der Waals surface area contributed by atoms with Crippen LogP contribution in [-0.2, 0) is 0 Å². The van der Waals surface area contributed by atoms with Crippen LogP contribution in [0.2, 0.25) is 5.02 Å². The Hall–Kier alpha value is -2.33. The van der Waals surface area contributed by atoms with E-state index < -0.39 is 5.97 Å². The number of nitrogens with zero attached hydrogens (tertiary/aromatic N) is 1. The second-order valence-electron chi connectivity index (χ2n) is 4.78. The molecule has 0 aliphatic heterocycles. The maximum atomic E-state index is 11.8. The number of carbonyl (C=O) groups excluding carboxylic acids is 1. The minimum absolute atomic E-state index is 0.0687. The summed E-state index contributed by atoms with van der Waals surface area (Å²) in [7, 11) is 3.39. The normalized spacial score (nSPS) is 10.2. The highest BCUT2D eigenvalue weighted by atomic mass is 35.5. The van der Waals surface area contributed by atoms with E-state index in [1.54, 1.807) is 38.4 Å². The average Bonchev–Trinajstić information content (AvgIpc) is 2.46. The molecule has 0 spiro atoms. The molecule has 21 heavy (non-hydrogen) atoms. The van der Waals surface area contributed by atoms with E-state index in [2.05, 4.69) is 0 Å². The molecule has 1 amide bonds. The van der Waals surface area contributed by atoms with Crippen molar-refractivity contribution in [1.82, 2.24) is 4.90 Å². The molecule has 0 saturated heterocycles. The zero-order valence-corrected chi connectivity index (χ0v) is 12.4. The van der Waals surface area contributed by atoms with E-state index in [9.17, 15) is 9.59 Å². The van der Waals surface area contributed by atoms with Crippen molar-refractivity contribution in [3.8, 4) is 11.1 Å². The van der Waals surface area contributed by atoms with Gasteiger partial charge in [0.05, 0.1) is 10.6 Å². The Morgan fingerprint density at radius 3 is 2.05 bits per heavy atom. The molecule has 2 rings (SSSR count). The molecule has 0 aliphatic rings. The Morgan fingerprint density at radius 2 is 1.57 bits per heavy atom. The van der Waals surface area contributed by atoms with Gasteiger partial charge < -0.3 is 10.0 Å². The van der Waals surface area contributed by atoms with Crippen molar-refractivity contribution in [2.45, 2.75) is 0 Å². The lowest BCUT2D eigenvalue weighted by atomic mass is 10.0. The topological polar surface area (TPSA) is 57.6 Å². The summed E-state index contributed by atoms with van der Waals surface area (Å²) in [5.41, 5.74) is 2.33. The van der Waals surface area contributed by atoms with Crippen molar-refractivity contribution in [1.29, 1.82) is 0 Å². The number of carboxylic acids is 1. The fraction of sp³-hybridized carbons (Fsp3) is 0.125. The van der Waals surface area contributed by atoms with Crippen LogP contribution >= 0.6 is 11.6 Å². The van der Waals surface area contributed by atoms with E-state index in [1.165, 1.54) is 11.0 Å². The van der Waals surface area contributed by atoms with E-state index in [4.69, 9.17) is 16.7 Å². The first-order valence-electron chi connectivity index (χ1n) is 6.25. The number of carbonyl (C=O) groups is 2. The lowest BCUT2D eigenvalue weighted by Crippen LogP contribution is -2.21. The molecule has 0 radical (unpaired) electrons. The van der Waals surface area contributed by atoms with Gasteiger partial charge in [0, 0.05) is 19.7 Å². The van der Waals surface area contributed by atoms with E-state index in [0.29, 0.717) is 5.56 Å². The van der Waals surface area contributed by atoms with Crippen LogP contribution < -0.4 is 0 Å². The summed E-state index contributed by atoms with van der Waals surface area (Å²) in [6, 6.07) is 11.9. The van der Waals surface area contributed by atoms with Gasteiger partial charge in [-0.15, -0.1) is 0 Å². The molecule has 0 atom stereocenters. The maximum absolute atomic E-state index is 11.8. The van der Waals surface area contributed by atoms with Gasteiger partial charge in [0.15, 0.2) is 0 Å². The van der Waals surface area contributed by atoms with Crippen LogP contribution in [0.1, 0.15) is 20.7 Å². The predicted octanol–water partition coefficient (Wildman–Crippen LogP) is 3.41. The van der Waals surface area contributed by atoms with Gasteiger partial charge in [0.2, 0.25) is 0 Å². The van der Waals surface area contributed by atoms with Crippen LogP contribution in [0.5, 0.6) is 0 Å². The minimum Gasteiger partial charge on any atom is -0.478 e. The number of rotatable bonds is 3. The first kappa shape index (κ1) is 15.1. The summed E-state index contributed by atoms with van der Waals surface area (Å²) in [4.78, 5) is 24.2. The van der Waals surface area contributed by atoms with Gasteiger partial charge in [0.1, 0.15) is 0 Å². The first-order chi connectivity index (χ1) is 9.90. The van der Waals surface area contributed by atoms with E-state index in [1.807, 2.05) is 12.1 Å². The standard InChI is InChI=1S/C16H14ClNO3/c1-18(2)15(19)11-5-3-10(4-6-11)12-7-8-13(16(20)21)14(17)9-12/h3-9H,1-2H3,(H,20,21). The number of amides is 1. The zero-order valence-electron chi connectivity index (χ0n) is 11.6. The van der Waals surface area contributed by atoms with Crippen molar-refractivity contribution in [3.05, 3.63) is 58.6 Å². The Labute approximate surface area is 127 Å². The van der Waals surface area contributed by atoms with Crippen LogP contribution in [0.15, 0.2) is 42.5 Å². The second-order valence-corrected chi connectivity index (χ2v) is 5.18.